The first-order valence-electron chi connectivity index (χ1n) is 2.89. The Kier molecular flexibility index (Phi) is 2.35. The molecule has 0 atom stereocenters. The molecule has 1 rings (SSSR count). The summed E-state index contributed by atoms with van der Waals surface area (Å²) in [4.78, 5) is 0. The van der Waals surface area contributed by atoms with E-state index in [4.69, 9.17) is 16.7 Å². The Morgan fingerprint density at radius 3 is 2.30 bits per heavy atom. The molecule has 10 heavy (non-hydrogen) atoms. The highest BCUT2D eigenvalue weighted by molar-refractivity contribution is 6.30. The second kappa shape index (κ2) is 3.28. The average molecular weight is 155 g/mol. The van der Waals surface area contributed by atoms with Crippen LogP contribution < -0.4 is 0 Å². The quantitative estimate of drug-likeness (QED) is 0.617. The van der Waals surface area contributed by atoms with Gasteiger partial charge in [0.05, 0.1) is 6.26 Å². The number of aliphatic hydroxyl groups excluding tert-OH is 1. The number of hydrogen-bond acceptors (Lipinski definition) is 1. The Bertz CT molecular complexity index is 226. The number of aliphatic hydroxyl groups is 1. The first kappa shape index (κ1) is 7.16. The minimum Gasteiger partial charge on any atom is -0.516 e. The fourth-order valence-electron chi connectivity index (χ4n) is 0.660. The van der Waals surface area contributed by atoms with Gasteiger partial charge in [-0.3, -0.25) is 0 Å². The fourth-order valence-corrected chi connectivity index (χ4v) is 0.786. The highest BCUT2D eigenvalue weighted by Crippen LogP contribution is 2.09. The Hall–Kier alpha value is -0.950. The molecule has 1 nitrogen and oxygen atoms in total. The van der Waals surface area contributed by atoms with E-state index >= 15 is 0 Å². The summed E-state index contributed by atoms with van der Waals surface area (Å²) in [6, 6.07) is 7.21. The molecule has 0 fully saturated rings. The van der Waals surface area contributed by atoms with Crippen molar-refractivity contribution in [3.05, 3.63) is 41.1 Å². The van der Waals surface area contributed by atoms with E-state index in [0.717, 1.165) is 11.8 Å². The second-order valence-corrected chi connectivity index (χ2v) is 2.30. The molecule has 1 N–H and O–H groups in total. The molecule has 0 bridgehead atoms. The van der Waals surface area contributed by atoms with Crippen LogP contribution in [-0.2, 0) is 0 Å². The molecule has 0 radical (unpaired) electrons. The van der Waals surface area contributed by atoms with Crippen LogP contribution in [0.3, 0.4) is 0 Å². The smallest absolute Gasteiger partial charge is 0.0797 e. The van der Waals surface area contributed by atoms with Gasteiger partial charge in [0.2, 0.25) is 0 Å². The Morgan fingerprint density at radius 1 is 1.20 bits per heavy atom. The summed E-state index contributed by atoms with van der Waals surface area (Å²) >= 11 is 5.63. The summed E-state index contributed by atoms with van der Waals surface area (Å²) in [6.45, 7) is 0. The van der Waals surface area contributed by atoms with Crippen LogP contribution in [0.15, 0.2) is 30.5 Å². The first-order chi connectivity index (χ1) is 4.83. The lowest BCUT2D eigenvalue weighted by Gasteiger charge is -1.90. The van der Waals surface area contributed by atoms with Crippen LogP contribution >= 0.6 is 11.6 Å². The van der Waals surface area contributed by atoms with Gasteiger partial charge in [0.25, 0.3) is 0 Å². The number of halogens is 1. The normalized spacial score (nSPS) is 10.5. The third kappa shape index (κ3) is 1.78. The van der Waals surface area contributed by atoms with Gasteiger partial charge in [0, 0.05) is 5.02 Å². The van der Waals surface area contributed by atoms with Crippen LogP contribution in [0.25, 0.3) is 6.08 Å². The summed E-state index contributed by atoms with van der Waals surface area (Å²) in [6.07, 6.45) is 2.60. The molecule has 0 aromatic heterocycles. The van der Waals surface area contributed by atoms with Crippen LogP contribution in [0.5, 0.6) is 0 Å². The van der Waals surface area contributed by atoms with Crippen molar-refractivity contribution in [1.82, 2.24) is 0 Å². The lowest BCUT2D eigenvalue weighted by atomic mass is 10.2. The molecule has 52 valence electrons. The van der Waals surface area contributed by atoms with Gasteiger partial charge in [-0.2, -0.15) is 0 Å². The maximum Gasteiger partial charge on any atom is 0.0797 e. The molecule has 1 aromatic rings. The topological polar surface area (TPSA) is 20.2 Å². The predicted molar refractivity (Wildman–Crippen MR) is 43.1 cm³/mol. The Balaban J connectivity index is 2.89. The lowest BCUT2D eigenvalue weighted by molar-refractivity contribution is 0.478. The zero-order valence-corrected chi connectivity index (χ0v) is 6.05. The van der Waals surface area contributed by atoms with Crippen molar-refractivity contribution in [3.8, 4) is 0 Å². The molecule has 0 aliphatic carbocycles. The van der Waals surface area contributed by atoms with Crippen LogP contribution in [0.4, 0.5) is 0 Å². The van der Waals surface area contributed by atoms with Gasteiger partial charge in [-0.15, -0.1) is 0 Å². The summed E-state index contributed by atoms with van der Waals surface area (Å²) in [5.74, 6) is 0. The molecule has 0 aliphatic heterocycles. The molecule has 2 heteroatoms. The predicted octanol–water partition coefficient (Wildman–Crippen LogP) is 2.87. The molecule has 0 saturated heterocycles. The van der Waals surface area contributed by atoms with E-state index in [9.17, 15) is 0 Å². The summed E-state index contributed by atoms with van der Waals surface area (Å²) in [5, 5.41) is 9.08. The maximum atomic E-state index is 8.38. The van der Waals surface area contributed by atoms with Crippen molar-refractivity contribution in [3.63, 3.8) is 0 Å². The van der Waals surface area contributed by atoms with E-state index in [1.54, 1.807) is 18.2 Å². The monoisotopic (exact) mass is 154 g/mol. The summed E-state index contributed by atoms with van der Waals surface area (Å²) < 4.78 is 0. The van der Waals surface area contributed by atoms with Gasteiger partial charge >= 0.3 is 0 Å². The SMILES string of the molecule is O/C=C/c1ccc(Cl)cc1. The highest BCUT2D eigenvalue weighted by Gasteiger charge is 1.85. The van der Waals surface area contributed by atoms with Crippen LogP contribution in [-0.4, -0.2) is 5.11 Å². The molecule has 0 spiro atoms. The molecule has 0 aliphatic rings. The second-order valence-electron chi connectivity index (χ2n) is 1.87. The summed E-state index contributed by atoms with van der Waals surface area (Å²) in [5.41, 5.74) is 0.937. The third-order valence-electron chi connectivity index (χ3n) is 1.14. The van der Waals surface area contributed by atoms with Crippen LogP contribution in [0.2, 0.25) is 5.02 Å². The largest absolute Gasteiger partial charge is 0.516 e. The minimum atomic E-state index is 0.704. The van der Waals surface area contributed by atoms with Crippen molar-refractivity contribution in [2.24, 2.45) is 0 Å². The zero-order valence-electron chi connectivity index (χ0n) is 5.29. The lowest BCUT2D eigenvalue weighted by Crippen LogP contribution is -1.69. The van der Waals surface area contributed by atoms with E-state index < -0.39 is 0 Å². The fraction of sp³-hybridized carbons (Fsp3) is 0. The molecular formula is C8H7ClO. The highest BCUT2D eigenvalue weighted by atomic mass is 35.5. The van der Waals surface area contributed by atoms with Gasteiger partial charge in [0.15, 0.2) is 0 Å². The maximum absolute atomic E-state index is 8.38. The van der Waals surface area contributed by atoms with Crippen molar-refractivity contribution in [1.29, 1.82) is 0 Å². The van der Waals surface area contributed by atoms with Crippen LogP contribution in [0.1, 0.15) is 5.56 Å². The molecule has 0 amide bonds. The molecule has 1 aromatic carbocycles. The van der Waals surface area contributed by atoms with Crippen LogP contribution in [0, 0.1) is 0 Å². The molecule has 0 unspecified atom stereocenters. The van der Waals surface area contributed by atoms with E-state index in [2.05, 4.69) is 0 Å². The van der Waals surface area contributed by atoms with E-state index in [0.29, 0.717) is 5.02 Å². The Labute approximate surface area is 64.6 Å². The number of hydrogen-bond donors (Lipinski definition) is 1. The minimum absolute atomic E-state index is 0.704. The van der Waals surface area contributed by atoms with Gasteiger partial charge in [-0.25, -0.2) is 0 Å². The number of rotatable bonds is 1. The van der Waals surface area contributed by atoms with E-state index in [1.807, 2.05) is 12.1 Å². The van der Waals surface area contributed by atoms with Crippen molar-refractivity contribution in [2.45, 2.75) is 0 Å². The standard InChI is InChI=1S/C8H7ClO/c9-8-3-1-7(2-4-8)5-6-10/h1-6,10H/b6-5+. The number of benzene rings is 1. The Morgan fingerprint density at radius 2 is 1.80 bits per heavy atom. The van der Waals surface area contributed by atoms with E-state index in [-0.39, 0.29) is 0 Å². The van der Waals surface area contributed by atoms with Gasteiger partial charge in [-0.1, -0.05) is 23.7 Å². The van der Waals surface area contributed by atoms with E-state index in [1.165, 1.54) is 0 Å². The molecule has 0 saturated carbocycles. The van der Waals surface area contributed by atoms with Gasteiger partial charge < -0.3 is 5.11 Å². The van der Waals surface area contributed by atoms with Crippen molar-refractivity contribution < 1.29 is 5.11 Å². The first-order valence-corrected chi connectivity index (χ1v) is 3.27. The van der Waals surface area contributed by atoms with Crippen molar-refractivity contribution >= 4 is 17.7 Å². The van der Waals surface area contributed by atoms with Gasteiger partial charge in [0.1, 0.15) is 0 Å². The zero-order chi connectivity index (χ0) is 7.40. The molecular weight excluding hydrogens is 148 g/mol. The average Bonchev–Trinajstić information content (AvgIpc) is 1.95. The van der Waals surface area contributed by atoms with Gasteiger partial charge in [-0.05, 0) is 23.8 Å². The third-order valence-corrected chi connectivity index (χ3v) is 1.39. The molecule has 0 heterocycles. The van der Waals surface area contributed by atoms with Crippen molar-refractivity contribution in [2.75, 3.05) is 0 Å². The summed E-state index contributed by atoms with van der Waals surface area (Å²) in [7, 11) is 0.